The minimum absolute atomic E-state index is 0.0672. The summed E-state index contributed by atoms with van der Waals surface area (Å²) in [6.07, 6.45) is 3.02. The Kier molecular flexibility index (Phi) is 4.44. The maximum absolute atomic E-state index is 11.8. The van der Waals surface area contributed by atoms with Crippen molar-refractivity contribution < 1.29 is 19.0 Å². The van der Waals surface area contributed by atoms with Gasteiger partial charge in [0, 0.05) is 26.0 Å². The van der Waals surface area contributed by atoms with Crippen LogP contribution in [0.3, 0.4) is 0 Å². The van der Waals surface area contributed by atoms with Gasteiger partial charge in [0.05, 0.1) is 26.2 Å². The zero-order chi connectivity index (χ0) is 15.6. The van der Waals surface area contributed by atoms with Gasteiger partial charge < -0.3 is 18.8 Å². The molecular weight excluding hydrogens is 286 g/mol. The average molecular weight is 309 g/mol. The molecule has 0 aromatic carbocycles. The van der Waals surface area contributed by atoms with Gasteiger partial charge in [-0.05, 0) is 19.8 Å². The third-order valence-electron chi connectivity index (χ3n) is 4.59. The molecule has 2 aliphatic heterocycles. The van der Waals surface area contributed by atoms with Crippen molar-refractivity contribution in [3.05, 3.63) is 11.6 Å². The highest BCUT2D eigenvalue weighted by Gasteiger charge is 2.43. The highest BCUT2D eigenvalue weighted by Crippen LogP contribution is 2.35. The molecule has 1 fully saturated rings. The van der Waals surface area contributed by atoms with Crippen LogP contribution < -0.4 is 0 Å². The molecule has 0 amide bonds. The van der Waals surface area contributed by atoms with Gasteiger partial charge in [-0.2, -0.15) is 0 Å². The number of fused-ring (bicyclic) bond motifs is 1. The molecule has 7 heteroatoms. The molecule has 1 aromatic rings. The Balaban J connectivity index is 1.86. The van der Waals surface area contributed by atoms with E-state index in [9.17, 15) is 4.79 Å². The molecule has 0 aliphatic carbocycles. The van der Waals surface area contributed by atoms with Crippen LogP contribution in [0.15, 0.2) is 0 Å². The fraction of sp³-hybridized carbons (Fsp3) is 0.800. The number of aryl methyl sites for hydroxylation is 1. The molecule has 0 saturated carbocycles. The number of ether oxygens (including phenoxy) is 3. The number of nitrogens with zero attached hydrogens (tertiary/aromatic N) is 3. The van der Waals surface area contributed by atoms with E-state index < -0.39 is 5.60 Å². The van der Waals surface area contributed by atoms with Crippen molar-refractivity contribution in [2.24, 2.45) is 5.92 Å². The predicted octanol–water partition coefficient (Wildman–Crippen LogP) is 1.06. The van der Waals surface area contributed by atoms with Crippen molar-refractivity contribution in [2.75, 3.05) is 26.9 Å². The van der Waals surface area contributed by atoms with Crippen LogP contribution >= 0.6 is 0 Å². The van der Waals surface area contributed by atoms with Crippen LogP contribution in [0.4, 0.5) is 0 Å². The molecule has 0 radical (unpaired) electrons. The molecule has 122 valence electrons. The van der Waals surface area contributed by atoms with Gasteiger partial charge in [0.1, 0.15) is 5.82 Å². The van der Waals surface area contributed by atoms with Crippen molar-refractivity contribution in [1.82, 2.24) is 14.8 Å². The van der Waals surface area contributed by atoms with Gasteiger partial charge in [-0.25, -0.2) is 0 Å². The summed E-state index contributed by atoms with van der Waals surface area (Å²) in [5.74, 6) is 1.56. The van der Waals surface area contributed by atoms with Crippen LogP contribution in [0, 0.1) is 5.92 Å². The number of esters is 1. The number of methoxy groups -OCH3 is 1. The van der Waals surface area contributed by atoms with Crippen molar-refractivity contribution in [2.45, 2.75) is 44.8 Å². The summed E-state index contributed by atoms with van der Waals surface area (Å²) in [6.45, 7) is 4.49. The lowest BCUT2D eigenvalue weighted by Gasteiger charge is -2.27. The lowest BCUT2D eigenvalue weighted by molar-refractivity contribution is -0.145. The summed E-state index contributed by atoms with van der Waals surface area (Å²) < 4.78 is 18.6. The van der Waals surface area contributed by atoms with Gasteiger partial charge in [-0.15, -0.1) is 10.2 Å². The topological polar surface area (TPSA) is 75.5 Å². The molecule has 2 atom stereocenters. The van der Waals surface area contributed by atoms with Gasteiger partial charge in [0.15, 0.2) is 11.4 Å². The van der Waals surface area contributed by atoms with Crippen molar-refractivity contribution in [1.29, 1.82) is 0 Å². The molecule has 3 rings (SSSR count). The summed E-state index contributed by atoms with van der Waals surface area (Å²) in [7, 11) is 1.44. The summed E-state index contributed by atoms with van der Waals surface area (Å²) >= 11 is 0. The SMILES string of the molecule is CCOC1(c2nnc3n2CCC(C(=O)OC)CC3)CCOC1. The van der Waals surface area contributed by atoms with Crippen LogP contribution in [0.25, 0.3) is 0 Å². The second-order valence-electron chi connectivity index (χ2n) is 5.87. The van der Waals surface area contributed by atoms with Gasteiger partial charge in [-0.1, -0.05) is 0 Å². The van der Waals surface area contributed by atoms with Crippen LogP contribution in [0.2, 0.25) is 0 Å². The van der Waals surface area contributed by atoms with Crippen LogP contribution in [-0.2, 0) is 37.6 Å². The number of hydrogen-bond acceptors (Lipinski definition) is 6. The number of aromatic nitrogens is 3. The maximum atomic E-state index is 11.8. The lowest BCUT2D eigenvalue weighted by Crippen LogP contribution is -2.34. The van der Waals surface area contributed by atoms with Crippen molar-refractivity contribution in [3.63, 3.8) is 0 Å². The molecule has 2 aliphatic rings. The second-order valence-corrected chi connectivity index (χ2v) is 5.87. The quantitative estimate of drug-likeness (QED) is 0.774. The molecule has 1 aromatic heterocycles. The van der Waals surface area contributed by atoms with E-state index in [1.165, 1.54) is 7.11 Å². The van der Waals surface area contributed by atoms with Gasteiger partial charge in [0.25, 0.3) is 0 Å². The van der Waals surface area contributed by atoms with E-state index in [0.717, 1.165) is 37.3 Å². The molecule has 3 heterocycles. The lowest BCUT2D eigenvalue weighted by atomic mass is 10.0. The second kappa shape index (κ2) is 6.34. The zero-order valence-electron chi connectivity index (χ0n) is 13.2. The summed E-state index contributed by atoms with van der Waals surface area (Å²) in [6, 6.07) is 0. The van der Waals surface area contributed by atoms with E-state index >= 15 is 0 Å². The number of hydrogen-bond donors (Lipinski definition) is 0. The molecule has 0 N–H and O–H groups in total. The number of carbonyl (C=O) groups excluding carboxylic acids is 1. The first-order valence-electron chi connectivity index (χ1n) is 7.92. The average Bonchev–Trinajstić information content (AvgIpc) is 3.10. The highest BCUT2D eigenvalue weighted by molar-refractivity contribution is 5.72. The third-order valence-corrected chi connectivity index (χ3v) is 4.59. The molecule has 0 bridgehead atoms. The van der Waals surface area contributed by atoms with Crippen molar-refractivity contribution in [3.8, 4) is 0 Å². The fourth-order valence-corrected chi connectivity index (χ4v) is 3.40. The van der Waals surface area contributed by atoms with Crippen LogP contribution in [0.1, 0.15) is 37.8 Å². The minimum atomic E-state index is -0.495. The molecule has 0 spiro atoms. The van der Waals surface area contributed by atoms with E-state index in [2.05, 4.69) is 14.8 Å². The van der Waals surface area contributed by atoms with E-state index in [-0.39, 0.29) is 11.9 Å². The third kappa shape index (κ3) is 2.63. The Bertz CT molecular complexity index is 537. The molecule has 2 unspecified atom stereocenters. The van der Waals surface area contributed by atoms with Gasteiger partial charge in [-0.3, -0.25) is 4.79 Å². The first-order chi connectivity index (χ1) is 10.7. The van der Waals surface area contributed by atoms with Crippen LogP contribution in [-0.4, -0.2) is 47.7 Å². The predicted molar refractivity (Wildman–Crippen MR) is 77.2 cm³/mol. The fourth-order valence-electron chi connectivity index (χ4n) is 3.40. The highest BCUT2D eigenvalue weighted by atomic mass is 16.6. The summed E-state index contributed by atoms with van der Waals surface area (Å²) in [5.41, 5.74) is -0.495. The Hall–Kier alpha value is -1.47. The first-order valence-corrected chi connectivity index (χ1v) is 7.92. The van der Waals surface area contributed by atoms with Crippen LogP contribution in [0.5, 0.6) is 0 Å². The van der Waals surface area contributed by atoms with Gasteiger partial charge >= 0.3 is 5.97 Å². The summed E-state index contributed by atoms with van der Waals surface area (Å²) in [4.78, 5) is 11.8. The molecule has 1 saturated heterocycles. The Morgan fingerprint density at radius 3 is 3.00 bits per heavy atom. The largest absolute Gasteiger partial charge is 0.469 e. The standard InChI is InChI=1S/C15H23N3O4/c1-3-22-15(7-9-21-10-15)14-17-16-12-5-4-11(13(19)20-2)6-8-18(12)14/h11H,3-10H2,1-2H3. The molecular formula is C15H23N3O4. The van der Waals surface area contributed by atoms with E-state index in [4.69, 9.17) is 14.2 Å². The minimum Gasteiger partial charge on any atom is -0.469 e. The zero-order valence-corrected chi connectivity index (χ0v) is 13.2. The maximum Gasteiger partial charge on any atom is 0.308 e. The monoisotopic (exact) mass is 309 g/mol. The number of rotatable bonds is 4. The molecule has 22 heavy (non-hydrogen) atoms. The van der Waals surface area contributed by atoms with E-state index in [1.54, 1.807) is 0 Å². The molecule has 7 nitrogen and oxygen atoms in total. The Morgan fingerprint density at radius 2 is 2.32 bits per heavy atom. The summed E-state index contributed by atoms with van der Waals surface area (Å²) in [5, 5.41) is 8.73. The number of carbonyl (C=O) groups is 1. The first kappa shape index (κ1) is 15.4. The Morgan fingerprint density at radius 1 is 1.45 bits per heavy atom. The van der Waals surface area contributed by atoms with Gasteiger partial charge in [0.2, 0.25) is 0 Å². The Labute approximate surface area is 129 Å². The van der Waals surface area contributed by atoms with E-state index in [0.29, 0.717) is 26.4 Å². The van der Waals surface area contributed by atoms with E-state index in [1.807, 2.05) is 6.92 Å². The van der Waals surface area contributed by atoms with Crippen molar-refractivity contribution >= 4 is 5.97 Å². The normalized spacial score (nSPS) is 28.2. The smallest absolute Gasteiger partial charge is 0.308 e.